The largest absolute Gasteiger partial charge is 0.369 e. The van der Waals surface area contributed by atoms with Gasteiger partial charge in [-0.2, -0.15) is 0 Å². The number of fused-ring (bicyclic) bond motifs is 2. The first-order valence-corrected chi connectivity index (χ1v) is 9.32. The van der Waals surface area contributed by atoms with Crippen LogP contribution in [0.15, 0.2) is 36.4 Å². The fourth-order valence-electron chi connectivity index (χ4n) is 3.70. The Morgan fingerprint density at radius 2 is 1.67 bits per heavy atom. The summed E-state index contributed by atoms with van der Waals surface area (Å²) in [7, 11) is 2.18. The molecule has 138 valence electrons. The van der Waals surface area contributed by atoms with Crippen LogP contribution in [0.1, 0.15) is 5.82 Å². The van der Waals surface area contributed by atoms with E-state index in [-0.39, 0.29) is 0 Å². The summed E-state index contributed by atoms with van der Waals surface area (Å²) in [5, 5.41) is 0. The maximum Gasteiger partial charge on any atom is 0.138 e. The highest BCUT2D eigenvalue weighted by Crippen LogP contribution is 2.26. The van der Waals surface area contributed by atoms with Crippen molar-refractivity contribution in [3.05, 3.63) is 42.2 Å². The number of rotatable bonds is 3. The Morgan fingerprint density at radius 1 is 0.926 bits per heavy atom. The molecular weight excluding hydrogens is 338 g/mol. The number of nitrogens with zero attached hydrogens (tertiary/aromatic N) is 4. The smallest absolute Gasteiger partial charge is 0.138 e. The third-order valence-electron chi connectivity index (χ3n) is 5.33. The van der Waals surface area contributed by atoms with E-state index in [1.165, 1.54) is 5.69 Å². The standard InChI is InChI=1S/C20H23N7/c1-26-6-8-27(9-7-26)14-3-5-16-18(11-14)25-20(24-16)13-2-4-15-17(10-13)23-19(12-21)22-15/h2-5,10-11H,6-9,12,21H2,1H3,(H,22,23)(H,24,25). The van der Waals surface area contributed by atoms with Crippen LogP contribution in [0.3, 0.4) is 0 Å². The van der Waals surface area contributed by atoms with Crippen molar-refractivity contribution in [1.82, 2.24) is 24.8 Å². The molecule has 1 aliphatic heterocycles. The minimum atomic E-state index is 0.406. The summed E-state index contributed by atoms with van der Waals surface area (Å²) in [5.74, 6) is 1.66. The van der Waals surface area contributed by atoms with Crippen LogP contribution in [0.25, 0.3) is 33.5 Å². The average Bonchev–Trinajstić information content (AvgIpc) is 3.30. The third kappa shape index (κ3) is 2.94. The van der Waals surface area contributed by atoms with Crippen LogP contribution in [0, 0.1) is 0 Å². The fraction of sp³-hybridized carbons (Fsp3) is 0.300. The molecule has 7 nitrogen and oxygen atoms in total. The van der Waals surface area contributed by atoms with E-state index >= 15 is 0 Å². The molecule has 3 heterocycles. The van der Waals surface area contributed by atoms with Gasteiger partial charge in [-0.3, -0.25) is 0 Å². The lowest BCUT2D eigenvalue weighted by Gasteiger charge is -2.34. The van der Waals surface area contributed by atoms with Crippen LogP contribution < -0.4 is 10.6 Å². The van der Waals surface area contributed by atoms with Gasteiger partial charge in [-0.15, -0.1) is 0 Å². The highest BCUT2D eigenvalue weighted by molar-refractivity contribution is 5.85. The summed E-state index contributed by atoms with van der Waals surface area (Å²) in [5.41, 5.74) is 11.9. The van der Waals surface area contributed by atoms with Crippen molar-refractivity contribution in [1.29, 1.82) is 0 Å². The molecule has 0 spiro atoms. The minimum absolute atomic E-state index is 0.406. The van der Waals surface area contributed by atoms with E-state index in [1.807, 2.05) is 12.1 Å². The predicted molar refractivity (Wildman–Crippen MR) is 109 cm³/mol. The van der Waals surface area contributed by atoms with Crippen LogP contribution in [-0.2, 0) is 6.54 Å². The lowest BCUT2D eigenvalue weighted by Crippen LogP contribution is -2.44. The second kappa shape index (κ2) is 6.37. The van der Waals surface area contributed by atoms with Crippen molar-refractivity contribution in [3.8, 4) is 11.4 Å². The van der Waals surface area contributed by atoms with E-state index in [9.17, 15) is 0 Å². The first-order chi connectivity index (χ1) is 13.2. The van der Waals surface area contributed by atoms with Crippen molar-refractivity contribution in [2.45, 2.75) is 6.54 Å². The fourth-order valence-corrected chi connectivity index (χ4v) is 3.70. The Labute approximate surface area is 157 Å². The number of aromatic amines is 2. The number of aromatic nitrogens is 4. The molecule has 0 atom stereocenters. The number of benzene rings is 2. The summed E-state index contributed by atoms with van der Waals surface area (Å²) in [6.45, 7) is 4.72. The number of nitrogens with two attached hydrogens (primary N) is 1. The van der Waals surface area contributed by atoms with Gasteiger partial charge in [0.25, 0.3) is 0 Å². The van der Waals surface area contributed by atoms with Gasteiger partial charge in [0.15, 0.2) is 0 Å². The van der Waals surface area contributed by atoms with Crippen LogP contribution in [0.4, 0.5) is 5.69 Å². The third-order valence-corrected chi connectivity index (χ3v) is 5.33. The normalized spacial score (nSPS) is 15.9. The number of imidazole rings is 2. The molecule has 0 bridgehead atoms. The summed E-state index contributed by atoms with van der Waals surface area (Å²) in [6.07, 6.45) is 0. The van der Waals surface area contributed by atoms with Crippen LogP contribution >= 0.6 is 0 Å². The minimum Gasteiger partial charge on any atom is -0.369 e. The Balaban J connectivity index is 1.49. The zero-order valence-electron chi connectivity index (χ0n) is 15.4. The number of likely N-dealkylation sites (N-methyl/N-ethyl adjacent to an activating group) is 1. The predicted octanol–water partition coefficient (Wildman–Crippen LogP) is 2.32. The highest BCUT2D eigenvalue weighted by Gasteiger charge is 2.15. The molecule has 0 unspecified atom stereocenters. The summed E-state index contributed by atoms with van der Waals surface area (Å²) in [4.78, 5) is 20.8. The molecule has 1 saturated heterocycles. The Kier molecular flexibility index (Phi) is 3.84. The van der Waals surface area contributed by atoms with Crippen molar-refractivity contribution < 1.29 is 0 Å². The average molecular weight is 361 g/mol. The molecule has 7 heteroatoms. The van der Waals surface area contributed by atoms with Crippen LogP contribution in [-0.4, -0.2) is 58.1 Å². The van der Waals surface area contributed by atoms with Crippen molar-refractivity contribution in [3.63, 3.8) is 0 Å². The Bertz CT molecular complexity index is 1100. The van der Waals surface area contributed by atoms with E-state index in [2.05, 4.69) is 56.1 Å². The molecule has 0 aliphatic carbocycles. The van der Waals surface area contributed by atoms with E-state index in [1.54, 1.807) is 0 Å². The Hall–Kier alpha value is -2.90. The zero-order valence-corrected chi connectivity index (χ0v) is 15.4. The molecule has 27 heavy (non-hydrogen) atoms. The molecule has 0 amide bonds. The van der Waals surface area contributed by atoms with Gasteiger partial charge in [0.1, 0.15) is 11.6 Å². The number of piperazine rings is 1. The Morgan fingerprint density at radius 3 is 2.48 bits per heavy atom. The monoisotopic (exact) mass is 361 g/mol. The van der Waals surface area contributed by atoms with Crippen molar-refractivity contribution >= 4 is 27.8 Å². The van der Waals surface area contributed by atoms with Gasteiger partial charge in [-0.05, 0) is 43.4 Å². The van der Waals surface area contributed by atoms with E-state index < -0.39 is 0 Å². The highest BCUT2D eigenvalue weighted by atomic mass is 15.2. The first-order valence-electron chi connectivity index (χ1n) is 9.32. The molecule has 2 aromatic heterocycles. The molecule has 4 N–H and O–H groups in total. The van der Waals surface area contributed by atoms with E-state index in [0.717, 1.165) is 65.5 Å². The van der Waals surface area contributed by atoms with Gasteiger partial charge >= 0.3 is 0 Å². The lowest BCUT2D eigenvalue weighted by molar-refractivity contribution is 0.313. The number of H-pyrrole nitrogens is 2. The molecular formula is C20H23N7. The summed E-state index contributed by atoms with van der Waals surface area (Å²) >= 11 is 0. The lowest BCUT2D eigenvalue weighted by atomic mass is 10.2. The molecule has 2 aromatic carbocycles. The van der Waals surface area contributed by atoms with Gasteiger partial charge in [0.2, 0.25) is 0 Å². The SMILES string of the molecule is CN1CCN(c2ccc3nc(-c4ccc5nc(CN)[nH]c5c4)[nH]c3c2)CC1. The van der Waals surface area contributed by atoms with Gasteiger partial charge < -0.3 is 25.5 Å². The number of nitrogens with one attached hydrogen (secondary N) is 2. The molecule has 0 saturated carbocycles. The number of hydrogen-bond acceptors (Lipinski definition) is 5. The van der Waals surface area contributed by atoms with Crippen LogP contribution in [0.2, 0.25) is 0 Å². The second-order valence-corrected chi connectivity index (χ2v) is 7.20. The summed E-state index contributed by atoms with van der Waals surface area (Å²) < 4.78 is 0. The maximum atomic E-state index is 5.68. The number of anilines is 1. The van der Waals surface area contributed by atoms with Crippen LogP contribution in [0.5, 0.6) is 0 Å². The van der Waals surface area contributed by atoms with Crippen molar-refractivity contribution in [2.24, 2.45) is 5.73 Å². The van der Waals surface area contributed by atoms with Gasteiger partial charge in [0, 0.05) is 37.4 Å². The quantitative estimate of drug-likeness (QED) is 0.521. The van der Waals surface area contributed by atoms with Gasteiger partial charge in [0.05, 0.1) is 28.6 Å². The molecule has 1 aliphatic rings. The molecule has 0 radical (unpaired) electrons. The van der Waals surface area contributed by atoms with Crippen molar-refractivity contribution in [2.75, 3.05) is 38.1 Å². The molecule has 1 fully saturated rings. The topological polar surface area (TPSA) is 89.9 Å². The maximum absolute atomic E-state index is 5.68. The molecule has 5 rings (SSSR count). The first kappa shape index (κ1) is 16.3. The van der Waals surface area contributed by atoms with Gasteiger partial charge in [-0.1, -0.05) is 0 Å². The molecule has 4 aromatic rings. The summed E-state index contributed by atoms with van der Waals surface area (Å²) in [6, 6.07) is 12.6. The van der Waals surface area contributed by atoms with E-state index in [0.29, 0.717) is 6.54 Å². The zero-order chi connectivity index (χ0) is 18.4. The number of hydrogen-bond donors (Lipinski definition) is 3. The second-order valence-electron chi connectivity index (χ2n) is 7.20. The van der Waals surface area contributed by atoms with Gasteiger partial charge in [-0.25, -0.2) is 9.97 Å². The van der Waals surface area contributed by atoms with E-state index in [4.69, 9.17) is 10.7 Å².